The molecule has 1 unspecified atom stereocenters. The van der Waals surface area contributed by atoms with Crippen molar-refractivity contribution in [3.8, 4) is 0 Å². The lowest BCUT2D eigenvalue weighted by molar-refractivity contribution is 0.276. The predicted molar refractivity (Wildman–Crippen MR) is 96.7 cm³/mol. The molecule has 2 aromatic rings. The zero-order valence-electron chi connectivity index (χ0n) is 14.0. The molecule has 5 nitrogen and oxygen atoms in total. The molecular formula is C18H20O5S2. The maximum atomic E-state index is 12.6. The van der Waals surface area contributed by atoms with Gasteiger partial charge in [0.05, 0.1) is 15.5 Å². The van der Waals surface area contributed by atoms with E-state index >= 15 is 0 Å². The van der Waals surface area contributed by atoms with Gasteiger partial charge in [-0.1, -0.05) is 42.0 Å². The molecule has 0 amide bonds. The number of aryl methyl sites for hydroxylation is 2. The first-order chi connectivity index (χ1) is 11.7. The molecule has 0 N–H and O–H groups in total. The molecule has 0 aromatic heterocycles. The summed E-state index contributed by atoms with van der Waals surface area (Å²) in [7, 11) is -7.81. The van der Waals surface area contributed by atoms with E-state index in [2.05, 4.69) is 6.58 Å². The zero-order valence-corrected chi connectivity index (χ0v) is 15.7. The largest absolute Gasteiger partial charge is 0.297 e. The summed E-state index contributed by atoms with van der Waals surface area (Å²) in [6.45, 7) is 7.01. The van der Waals surface area contributed by atoms with Crippen LogP contribution in [0.1, 0.15) is 11.1 Å². The third-order valence-corrected chi connectivity index (χ3v) is 6.88. The smallest absolute Gasteiger partial charge is 0.258 e. The summed E-state index contributed by atoms with van der Waals surface area (Å²) in [4.78, 5) is 0.122. The quantitative estimate of drug-likeness (QED) is 0.545. The van der Waals surface area contributed by atoms with Crippen molar-refractivity contribution in [3.05, 3.63) is 72.3 Å². The van der Waals surface area contributed by atoms with Gasteiger partial charge in [0.25, 0.3) is 10.1 Å². The van der Waals surface area contributed by atoms with Crippen molar-refractivity contribution in [2.24, 2.45) is 0 Å². The van der Waals surface area contributed by atoms with Crippen molar-refractivity contribution < 1.29 is 21.0 Å². The normalized spacial score (nSPS) is 13.4. The van der Waals surface area contributed by atoms with Gasteiger partial charge in [-0.05, 0) is 37.6 Å². The van der Waals surface area contributed by atoms with E-state index < -0.39 is 31.8 Å². The molecule has 134 valence electrons. The summed E-state index contributed by atoms with van der Waals surface area (Å²) in [5.41, 5.74) is 1.49. The molecule has 2 rings (SSSR count). The van der Waals surface area contributed by atoms with Gasteiger partial charge in [0, 0.05) is 0 Å². The number of benzene rings is 2. The molecule has 1 atom stereocenters. The highest BCUT2D eigenvalue weighted by molar-refractivity contribution is 7.91. The summed E-state index contributed by atoms with van der Waals surface area (Å²) < 4.78 is 54.9. The molecule has 0 bridgehead atoms. The fourth-order valence-corrected chi connectivity index (χ4v) is 5.07. The van der Waals surface area contributed by atoms with Crippen LogP contribution in [0.5, 0.6) is 0 Å². The molecule has 0 aliphatic carbocycles. The minimum atomic E-state index is -4.09. The lowest BCUT2D eigenvalue weighted by atomic mass is 10.2. The van der Waals surface area contributed by atoms with Crippen LogP contribution >= 0.6 is 0 Å². The van der Waals surface area contributed by atoms with E-state index in [1.165, 1.54) is 24.3 Å². The minimum Gasteiger partial charge on any atom is -0.258 e. The molecule has 25 heavy (non-hydrogen) atoms. The third-order valence-electron chi connectivity index (χ3n) is 3.64. The Bertz CT molecular complexity index is 959. The van der Waals surface area contributed by atoms with Gasteiger partial charge in [0.15, 0.2) is 9.84 Å². The van der Waals surface area contributed by atoms with Crippen LogP contribution in [0.25, 0.3) is 0 Å². The summed E-state index contributed by atoms with van der Waals surface area (Å²) in [6.07, 6.45) is -0.00224. The molecule has 0 aliphatic rings. The Morgan fingerprint density at radius 1 is 1.00 bits per heavy atom. The first kappa shape index (κ1) is 19.4. The van der Waals surface area contributed by atoms with Gasteiger partial charge in [-0.3, -0.25) is 4.18 Å². The first-order valence-electron chi connectivity index (χ1n) is 7.56. The minimum absolute atomic E-state index is 0.0294. The monoisotopic (exact) mass is 380 g/mol. The van der Waals surface area contributed by atoms with Crippen molar-refractivity contribution >= 4 is 20.0 Å². The van der Waals surface area contributed by atoms with Gasteiger partial charge in [-0.15, -0.1) is 6.58 Å². The lowest BCUT2D eigenvalue weighted by Gasteiger charge is -2.15. The third kappa shape index (κ3) is 4.78. The van der Waals surface area contributed by atoms with E-state index in [9.17, 15) is 16.8 Å². The molecule has 0 heterocycles. The van der Waals surface area contributed by atoms with Crippen LogP contribution in [-0.4, -0.2) is 28.7 Å². The standard InChI is InChI=1S/C18H20O5S2/c1-4-16(13-24(19,20)18-8-6-5-7-15(18)3)23-25(21,22)17-11-9-14(2)10-12-17/h4-12,16H,1,13H2,2-3H3. The molecule has 0 spiro atoms. The van der Waals surface area contributed by atoms with Gasteiger partial charge in [0.1, 0.15) is 6.10 Å². The van der Waals surface area contributed by atoms with Crippen LogP contribution < -0.4 is 0 Å². The second-order valence-corrected chi connectivity index (χ2v) is 9.26. The Hall–Kier alpha value is -1.96. The van der Waals surface area contributed by atoms with Crippen molar-refractivity contribution in [2.45, 2.75) is 29.7 Å². The van der Waals surface area contributed by atoms with Crippen LogP contribution in [0.4, 0.5) is 0 Å². The maximum Gasteiger partial charge on any atom is 0.297 e. The molecule has 7 heteroatoms. The fraction of sp³-hybridized carbons (Fsp3) is 0.222. The Kier molecular flexibility index (Phi) is 5.82. The zero-order chi connectivity index (χ0) is 18.7. The average Bonchev–Trinajstić information content (AvgIpc) is 2.54. The van der Waals surface area contributed by atoms with E-state index in [4.69, 9.17) is 4.18 Å². The van der Waals surface area contributed by atoms with Crippen molar-refractivity contribution in [1.82, 2.24) is 0 Å². The maximum absolute atomic E-state index is 12.6. The van der Waals surface area contributed by atoms with E-state index in [1.807, 2.05) is 6.92 Å². The van der Waals surface area contributed by atoms with Gasteiger partial charge < -0.3 is 0 Å². The highest BCUT2D eigenvalue weighted by Gasteiger charge is 2.26. The van der Waals surface area contributed by atoms with Crippen LogP contribution in [0.3, 0.4) is 0 Å². The summed E-state index contributed by atoms with van der Waals surface area (Å²) in [5, 5.41) is 0. The number of rotatable bonds is 7. The van der Waals surface area contributed by atoms with Gasteiger partial charge in [-0.25, -0.2) is 8.42 Å². The molecule has 0 aliphatic heterocycles. The van der Waals surface area contributed by atoms with Gasteiger partial charge >= 0.3 is 0 Å². The Labute approximate surface area is 149 Å². The van der Waals surface area contributed by atoms with Crippen molar-refractivity contribution in [1.29, 1.82) is 0 Å². The van der Waals surface area contributed by atoms with E-state index in [-0.39, 0.29) is 9.79 Å². The molecule has 0 fully saturated rings. The topological polar surface area (TPSA) is 77.5 Å². The fourth-order valence-electron chi connectivity index (χ4n) is 2.27. The van der Waals surface area contributed by atoms with Crippen LogP contribution in [-0.2, 0) is 24.1 Å². The molecule has 0 saturated heterocycles. The van der Waals surface area contributed by atoms with E-state index in [0.717, 1.165) is 5.56 Å². The first-order valence-corrected chi connectivity index (χ1v) is 10.6. The molecular weight excluding hydrogens is 360 g/mol. The molecule has 0 radical (unpaired) electrons. The number of hydrogen-bond donors (Lipinski definition) is 0. The summed E-state index contributed by atoms with van der Waals surface area (Å²) in [5.74, 6) is -0.507. The van der Waals surface area contributed by atoms with Crippen molar-refractivity contribution in [2.75, 3.05) is 5.75 Å². The van der Waals surface area contributed by atoms with Crippen molar-refractivity contribution in [3.63, 3.8) is 0 Å². The SMILES string of the molecule is C=CC(CS(=O)(=O)c1ccccc1C)OS(=O)(=O)c1ccc(C)cc1. The van der Waals surface area contributed by atoms with Crippen LogP contribution in [0.2, 0.25) is 0 Å². The van der Waals surface area contributed by atoms with Crippen LogP contribution in [0.15, 0.2) is 71.0 Å². The second kappa shape index (κ2) is 7.51. The molecule has 0 saturated carbocycles. The highest BCUT2D eigenvalue weighted by atomic mass is 32.2. The highest BCUT2D eigenvalue weighted by Crippen LogP contribution is 2.20. The Balaban J connectivity index is 2.24. The molecule has 2 aromatic carbocycles. The van der Waals surface area contributed by atoms with E-state index in [1.54, 1.807) is 37.3 Å². The van der Waals surface area contributed by atoms with Gasteiger partial charge in [-0.2, -0.15) is 8.42 Å². The second-order valence-electron chi connectivity index (χ2n) is 5.68. The van der Waals surface area contributed by atoms with Gasteiger partial charge in [0.2, 0.25) is 0 Å². The number of hydrogen-bond acceptors (Lipinski definition) is 5. The van der Waals surface area contributed by atoms with E-state index in [0.29, 0.717) is 5.56 Å². The average molecular weight is 380 g/mol. The lowest BCUT2D eigenvalue weighted by Crippen LogP contribution is -2.25. The predicted octanol–water partition coefficient (Wildman–Crippen LogP) is 3.04. The number of sulfone groups is 1. The summed E-state index contributed by atoms with van der Waals surface area (Å²) in [6, 6.07) is 12.6. The summed E-state index contributed by atoms with van der Waals surface area (Å²) >= 11 is 0. The van der Waals surface area contributed by atoms with Crippen LogP contribution in [0, 0.1) is 13.8 Å². The Morgan fingerprint density at radius 2 is 1.60 bits per heavy atom. The Morgan fingerprint density at radius 3 is 2.16 bits per heavy atom.